The average Bonchev–Trinajstić information content (AvgIpc) is 3.10. The smallest absolute Gasteiger partial charge is 0.0543 e. The number of aliphatic hydroxyl groups is 1. The van der Waals surface area contributed by atoms with E-state index in [9.17, 15) is 5.11 Å². The Morgan fingerprint density at radius 2 is 1.31 bits per heavy atom. The molecule has 4 saturated carbocycles. The zero-order valence-electron chi connectivity index (χ0n) is 21.7. The SMILES string of the molecule is CC.CC.CC.CCCC1CCC2C3CCC4CC(O)CCC4(C)C3CCC12C. The van der Waals surface area contributed by atoms with Gasteiger partial charge in [0.25, 0.3) is 0 Å². The van der Waals surface area contributed by atoms with Gasteiger partial charge in [0.15, 0.2) is 0 Å². The highest BCUT2D eigenvalue weighted by Gasteiger charge is 2.59. The molecule has 0 heterocycles. The van der Waals surface area contributed by atoms with Gasteiger partial charge >= 0.3 is 0 Å². The van der Waals surface area contributed by atoms with Crippen molar-refractivity contribution in [3.63, 3.8) is 0 Å². The Morgan fingerprint density at radius 1 is 0.724 bits per heavy atom. The van der Waals surface area contributed by atoms with Crippen LogP contribution in [0.2, 0.25) is 0 Å². The molecule has 0 spiro atoms. The van der Waals surface area contributed by atoms with Crippen LogP contribution in [0.4, 0.5) is 0 Å². The van der Waals surface area contributed by atoms with E-state index in [0.717, 1.165) is 42.4 Å². The van der Waals surface area contributed by atoms with E-state index in [1.54, 1.807) is 0 Å². The number of hydrogen-bond donors (Lipinski definition) is 1. The highest BCUT2D eigenvalue weighted by Crippen LogP contribution is 2.67. The molecule has 4 rings (SSSR count). The van der Waals surface area contributed by atoms with E-state index in [0.29, 0.717) is 10.8 Å². The Hall–Kier alpha value is -0.0400. The molecular weight excluding hydrogens is 352 g/mol. The predicted octanol–water partition coefficient (Wildman–Crippen LogP) is 8.88. The number of hydrogen-bond acceptors (Lipinski definition) is 1. The van der Waals surface area contributed by atoms with Crippen molar-refractivity contribution in [3.05, 3.63) is 0 Å². The minimum absolute atomic E-state index is 0.00102. The van der Waals surface area contributed by atoms with Gasteiger partial charge in [-0.25, -0.2) is 0 Å². The van der Waals surface area contributed by atoms with Gasteiger partial charge in [-0.3, -0.25) is 0 Å². The first-order valence-corrected chi connectivity index (χ1v) is 13.7. The summed E-state index contributed by atoms with van der Waals surface area (Å²) in [5.74, 6) is 4.81. The van der Waals surface area contributed by atoms with Crippen molar-refractivity contribution in [3.8, 4) is 0 Å². The van der Waals surface area contributed by atoms with Gasteiger partial charge in [0, 0.05) is 0 Å². The molecule has 8 unspecified atom stereocenters. The molecule has 8 atom stereocenters. The second-order valence-corrected chi connectivity index (χ2v) is 10.2. The van der Waals surface area contributed by atoms with E-state index in [4.69, 9.17) is 0 Å². The first kappa shape index (κ1) is 27.0. The quantitative estimate of drug-likeness (QED) is 0.483. The minimum atomic E-state index is -0.00102. The van der Waals surface area contributed by atoms with E-state index in [2.05, 4.69) is 20.8 Å². The summed E-state index contributed by atoms with van der Waals surface area (Å²) in [6, 6.07) is 0. The topological polar surface area (TPSA) is 20.2 Å². The first-order valence-electron chi connectivity index (χ1n) is 13.7. The normalized spacial score (nSPS) is 44.9. The van der Waals surface area contributed by atoms with Crippen molar-refractivity contribution >= 4 is 0 Å². The molecule has 1 heteroatoms. The molecule has 4 fully saturated rings. The summed E-state index contributed by atoms with van der Waals surface area (Å²) in [6.07, 6.45) is 15.2. The summed E-state index contributed by atoms with van der Waals surface area (Å²) in [5, 5.41) is 10.1. The summed E-state index contributed by atoms with van der Waals surface area (Å²) in [6.45, 7) is 19.7. The molecule has 0 radical (unpaired) electrons. The van der Waals surface area contributed by atoms with Gasteiger partial charge < -0.3 is 5.11 Å². The standard InChI is InChI=1S/C22H38O.3C2H6/c1-4-5-15-7-9-19-18-8-6-16-14-17(23)10-12-22(16,3)20(18)11-13-21(15,19)2;3*1-2/h15-20,23H,4-14H2,1-3H3;3*1-2H3. The molecule has 29 heavy (non-hydrogen) atoms. The van der Waals surface area contributed by atoms with Crippen LogP contribution >= 0.6 is 0 Å². The Balaban J connectivity index is 0.000000644. The van der Waals surface area contributed by atoms with Crippen LogP contribution in [0.15, 0.2) is 0 Å². The van der Waals surface area contributed by atoms with Crippen LogP contribution in [-0.2, 0) is 0 Å². The predicted molar refractivity (Wildman–Crippen MR) is 130 cm³/mol. The van der Waals surface area contributed by atoms with Crippen LogP contribution < -0.4 is 0 Å². The maximum absolute atomic E-state index is 10.1. The van der Waals surface area contributed by atoms with Crippen molar-refractivity contribution < 1.29 is 5.11 Å². The van der Waals surface area contributed by atoms with Crippen LogP contribution in [-0.4, -0.2) is 11.2 Å². The van der Waals surface area contributed by atoms with E-state index in [1.165, 1.54) is 57.8 Å². The molecule has 174 valence electrons. The van der Waals surface area contributed by atoms with Crippen molar-refractivity contribution in [2.45, 2.75) is 139 Å². The summed E-state index contributed by atoms with van der Waals surface area (Å²) >= 11 is 0. The molecule has 0 aromatic heterocycles. The Morgan fingerprint density at radius 3 is 1.93 bits per heavy atom. The molecule has 1 nitrogen and oxygen atoms in total. The molecule has 0 bridgehead atoms. The van der Waals surface area contributed by atoms with Crippen molar-refractivity contribution in [2.24, 2.45) is 40.4 Å². The Kier molecular flexibility index (Phi) is 11.3. The van der Waals surface area contributed by atoms with Crippen molar-refractivity contribution in [1.29, 1.82) is 0 Å². The van der Waals surface area contributed by atoms with E-state index >= 15 is 0 Å². The Labute approximate surface area is 184 Å². The lowest BCUT2D eigenvalue weighted by molar-refractivity contribution is -0.126. The number of fused-ring (bicyclic) bond motifs is 5. The molecular formula is C28H56O. The summed E-state index contributed by atoms with van der Waals surface area (Å²) in [4.78, 5) is 0. The summed E-state index contributed by atoms with van der Waals surface area (Å²) < 4.78 is 0. The summed E-state index contributed by atoms with van der Waals surface area (Å²) in [7, 11) is 0. The number of aliphatic hydroxyl groups excluding tert-OH is 1. The molecule has 0 amide bonds. The zero-order chi connectivity index (χ0) is 22.2. The van der Waals surface area contributed by atoms with E-state index in [1.807, 2.05) is 41.5 Å². The van der Waals surface area contributed by atoms with Gasteiger partial charge in [0.05, 0.1) is 6.10 Å². The minimum Gasteiger partial charge on any atom is -0.393 e. The first-order chi connectivity index (χ1) is 14.0. The molecule has 4 aliphatic carbocycles. The number of rotatable bonds is 2. The van der Waals surface area contributed by atoms with Gasteiger partial charge in [-0.1, -0.05) is 75.2 Å². The highest BCUT2D eigenvalue weighted by atomic mass is 16.3. The summed E-state index contributed by atoms with van der Waals surface area (Å²) in [5.41, 5.74) is 1.21. The van der Waals surface area contributed by atoms with Crippen molar-refractivity contribution in [2.75, 3.05) is 0 Å². The maximum atomic E-state index is 10.1. The molecule has 0 aliphatic heterocycles. The van der Waals surface area contributed by atoms with Crippen LogP contribution in [0.1, 0.15) is 133 Å². The van der Waals surface area contributed by atoms with Gasteiger partial charge in [-0.2, -0.15) is 0 Å². The molecule has 4 aliphatic rings. The lowest BCUT2D eigenvalue weighted by atomic mass is 9.44. The monoisotopic (exact) mass is 408 g/mol. The van der Waals surface area contributed by atoms with Crippen LogP contribution in [0.5, 0.6) is 0 Å². The molecule has 1 N–H and O–H groups in total. The van der Waals surface area contributed by atoms with Gasteiger partial charge in [0.2, 0.25) is 0 Å². The maximum Gasteiger partial charge on any atom is 0.0543 e. The fourth-order valence-corrected chi connectivity index (χ4v) is 8.17. The highest BCUT2D eigenvalue weighted by molar-refractivity contribution is 5.09. The fraction of sp³-hybridized carbons (Fsp3) is 1.00. The third-order valence-corrected chi connectivity index (χ3v) is 9.47. The third kappa shape index (κ3) is 5.07. The van der Waals surface area contributed by atoms with Gasteiger partial charge in [0.1, 0.15) is 0 Å². The lowest BCUT2D eigenvalue weighted by Gasteiger charge is -2.61. The third-order valence-electron chi connectivity index (χ3n) is 9.47. The van der Waals surface area contributed by atoms with E-state index < -0.39 is 0 Å². The fourth-order valence-electron chi connectivity index (χ4n) is 8.17. The van der Waals surface area contributed by atoms with Crippen LogP contribution in [0, 0.1) is 40.4 Å². The zero-order valence-corrected chi connectivity index (χ0v) is 21.7. The van der Waals surface area contributed by atoms with E-state index in [-0.39, 0.29) is 6.10 Å². The average molecular weight is 409 g/mol. The Bertz CT molecular complexity index is 446. The molecule has 0 aromatic rings. The van der Waals surface area contributed by atoms with Crippen LogP contribution in [0.3, 0.4) is 0 Å². The second kappa shape index (κ2) is 12.1. The largest absolute Gasteiger partial charge is 0.393 e. The lowest BCUT2D eigenvalue weighted by Crippen LogP contribution is -2.53. The molecule has 0 saturated heterocycles. The van der Waals surface area contributed by atoms with Crippen LogP contribution in [0.25, 0.3) is 0 Å². The van der Waals surface area contributed by atoms with Gasteiger partial charge in [-0.15, -0.1) is 0 Å². The van der Waals surface area contributed by atoms with Crippen molar-refractivity contribution in [1.82, 2.24) is 0 Å². The van der Waals surface area contributed by atoms with Gasteiger partial charge in [-0.05, 0) is 98.2 Å². The second-order valence-electron chi connectivity index (χ2n) is 10.2. The molecule has 0 aromatic carbocycles.